The molecule has 2 aliphatic rings. The summed E-state index contributed by atoms with van der Waals surface area (Å²) < 4.78 is 0. The van der Waals surface area contributed by atoms with Crippen LogP contribution in [0.15, 0.2) is 56.6 Å². The van der Waals surface area contributed by atoms with Gasteiger partial charge in [0.25, 0.3) is 11.2 Å². The summed E-state index contributed by atoms with van der Waals surface area (Å²) >= 11 is 8.05. The summed E-state index contributed by atoms with van der Waals surface area (Å²) in [6, 6.07) is 6.24. The van der Waals surface area contributed by atoms with Crippen molar-refractivity contribution in [3.8, 4) is 0 Å². The number of non-ortho nitro benzene ring substituents is 1. The number of nitrogens with zero attached hydrogens (tertiary/aromatic N) is 2. The molecule has 1 aliphatic heterocycles. The fourth-order valence-electron chi connectivity index (χ4n) is 3.92. The van der Waals surface area contributed by atoms with Crippen LogP contribution in [0.3, 0.4) is 0 Å². The third kappa shape index (κ3) is 3.47. The average molecular weight is 431 g/mol. The molecule has 0 fully saturated rings. The highest BCUT2D eigenvalue weighted by molar-refractivity contribution is 7.98. The molecule has 1 aliphatic carbocycles. The van der Waals surface area contributed by atoms with E-state index >= 15 is 0 Å². The van der Waals surface area contributed by atoms with Crippen molar-refractivity contribution in [2.24, 2.45) is 5.41 Å². The fraction of sp³-hybridized carbons (Fsp3) is 0.300. The third-order valence-electron chi connectivity index (χ3n) is 5.14. The number of hydrogen-bond donors (Lipinski definition) is 2. The second-order valence-electron chi connectivity index (χ2n) is 7.79. The maximum Gasteiger partial charge on any atom is 0.269 e. The summed E-state index contributed by atoms with van der Waals surface area (Å²) in [5.41, 5.74) is 2.54. The van der Waals surface area contributed by atoms with Crippen molar-refractivity contribution < 1.29 is 4.92 Å². The first kappa shape index (κ1) is 19.7. The molecule has 150 valence electrons. The number of halogens is 1. The van der Waals surface area contributed by atoms with Crippen molar-refractivity contribution in [2.45, 2.75) is 31.3 Å². The van der Waals surface area contributed by atoms with Gasteiger partial charge in [0, 0.05) is 34.4 Å². The van der Waals surface area contributed by atoms with Gasteiger partial charge in [0.05, 0.1) is 10.5 Å². The molecule has 1 aromatic carbocycles. The number of fused-ring (bicyclic) bond motifs is 1. The number of H-pyrrole nitrogens is 1. The van der Waals surface area contributed by atoms with Gasteiger partial charge in [0.2, 0.25) is 0 Å². The van der Waals surface area contributed by atoms with Crippen molar-refractivity contribution >= 4 is 34.9 Å². The van der Waals surface area contributed by atoms with Crippen molar-refractivity contribution in [3.05, 3.63) is 78.2 Å². The lowest BCUT2D eigenvalue weighted by molar-refractivity contribution is -0.384. The molecule has 1 aromatic heterocycles. The van der Waals surface area contributed by atoms with E-state index in [1.165, 1.54) is 23.9 Å². The lowest BCUT2D eigenvalue weighted by Gasteiger charge is -2.37. The molecule has 29 heavy (non-hydrogen) atoms. The van der Waals surface area contributed by atoms with Gasteiger partial charge in [-0.15, -0.1) is 0 Å². The molecule has 7 nitrogen and oxygen atoms in total. The summed E-state index contributed by atoms with van der Waals surface area (Å²) in [7, 11) is 0. The molecular formula is C20H19ClN4O3S. The average Bonchev–Trinajstić information content (AvgIpc) is 2.65. The molecule has 1 unspecified atom stereocenters. The van der Waals surface area contributed by atoms with Gasteiger partial charge in [-0.25, -0.2) is 4.98 Å². The Hall–Kier alpha value is -2.58. The number of anilines is 1. The molecule has 2 N–H and O–H groups in total. The first-order chi connectivity index (χ1) is 13.7. The van der Waals surface area contributed by atoms with E-state index in [-0.39, 0.29) is 16.7 Å². The molecule has 0 radical (unpaired) electrons. The Morgan fingerprint density at radius 3 is 2.62 bits per heavy atom. The molecule has 0 saturated heterocycles. The van der Waals surface area contributed by atoms with Gasteiger partial charge in [-0.1, -0.05) is 55.4 Å². The quantitative estimate of drug-likeness (QED) is 0.315. The van der Waals surface area contributed by atoms with E-state index in [2.05, 4.69) is 29.1 Å². The Labute approximate surface area is 176 Å². The molecule has 0 spiro atoms. The summed E-state index contributed by atoms with van der Waals surface area (Å²) in [4.78, 5) is 30.9. The van der Waals surface area contributed by atoms with Crippen LogP contribution in [0.4, 0.5) is 11.5 Å². The predicted molar refractivity (Wildman–Crippen MR) is 115 cm³/mol. The first-order valence-corrected chi connectivity index (χ1v) is 10.6. The molecule has 2 aromatic rings. The number of aromatic amines is 1. The van der Waals surface area contributed by atoms with Gasteiger partial charge in [-0.2, -0.15) is 0 Å². The highest BCUT2D eigenvalue weighted by Crippen LogP contribution is 2.49. The van der Waals surface area contributed by atoms with Gasteiger partial charge in [-0.3, -0.25) is 14.9 Å². The molecule has 0 saturated carbocycles. The molecular weight excluding hydrogens is 412 g/mol. The van der Waals surface area contributed by atoms with Gasteiger partial charge in [0.1, 0.15) is 5.82 Å². The zero-order valence-corrected chi connectivity index (χ0v) is 17.6. The zero-order chi connectivity index (χ0) is 20.9. The highest BCUT2D eigenvalue weighted by Gasteiger charge is 2.38. The maximum atomic E-state index is 13.0. The smallest absolute Gasteiger partial charge is 0.269 e. The minimum atomic E-state index is -0.464. The normalized spacial score (nSPS) is 19.7. The lowest BCUT2D eigenvalue weighted by atomic mass is 9.74. The van der Waals surface area contributed by atoms with Crippen molar-refractivity contribution in [1.29, 1.82) is 0 Å². The van der Waals surface area contributed by atoms with Crippen molar-refractivity contribution in [2.75, 3.05) is 11.6 Å². The lowest BCUT2D eigenvalue weighted by Crippen LogP contribution is -2.32. The van der Waals surface area contributed by atoms with Gasteiger partial charge in [0.15, 0.2) is 5.16 Å². The Morgan fingerprint density at radius 2 is 2.00 bits per heavy atom. The SMILES string of the molecule is CSc1nc2c(c(=O)[nH]1)C(c1ccc([N+](=O)[O-])cc1)C1=C(CC(C)(C)C=C1Cl)N2. The number of nitrogens with one attached hydrogen (secondary N) is 2. The second-order valence-corrected chi connectivity index (χ2v) is 9.00. The number of nitro benzene ring substituents is 1. The Morgan fingerprint density at radius 1 is 1.31 bits per heavy atom. The molecule has 9 heteroatoms. The van der Waals surface area contributed by atoms with Crippen LogP contribution >= 0.6 is 23.4 Å². The van der Waals surface area contributed by atoms with E-state index in [1.54, 1.807) is 12.1 Å². The van der Waals surface area contributed by atoms with E-state index in [1.807, 2.05) is 12.3 Å². The molecule has 2 heterocycles. The molecule has 1 atom stereocenters. The number of hydrogen-bond acceptors (Lipinski definition) is 6. The third-order valence-corrected chi connectivity index (χ3v) is 6.04. The highest BCUT2D eigenvalue weighted by atomic mass is 35.5. The Balaban J connectivity index is 1.95. The van der Waals surface area contributed by atoms with Crippen LogP contribution in [0, 0.1) is 15.5 Å². The number of thioether (sulfide) groups is 1. The van der Waals surface area contributed by atoms with Crippen LogP contribution in [0.2, 0.25) is 0 Å². The van der Waals surface area contributed by atoms with E-state index in [9.17, 15) is 14.9 Å². The fourth-order valence-corrected chi connectivity index (χ4v) is 4.82. The topological polar surface area (TPSA) is 101 Å². The molecule has 4 rings (SSSR count). The van der Waals surface area contributed by atoms with E-state index in [4.69, 9.17) is 11.6 Å². The summed E-state index contributed by atoms with van der Waals surface area (Å²) in [6.45, 7) is 4.19. The van der Waals surface area contributed by atoms with Crippen LogP contribution in [0.5, 0.6) is 0 Å². The largest absolute Gasteiger partial charge is 0.343 e. The maximum absolute atomic E-state index is 13.0. The van der Waals surface area contributed by atoms with E-state index in [0.717, 1.165) is 16.8 Å². The van der Waals surface area contributed by atoms with Crippen LogP contribution < -0.4 is 10.9 Å². The van der Waals surface area contributed by atoms with Gasteiger partial charge < -0.3 is 10.3 Å². The number of aromatic nitrogens is 2. The zero-order valence-electron chi connectivity index (χ0n) is 16.1. The Kier molecular flexibility index (Phi) is 4.78. The van der Waals surface area contributed by atoms with E-state index in [0.29, 0.717) is 28.0 Å². The summed E-state index contributed by atoms with van der Waals surface area (Å²) in [5, 5.41) is 15.5. The first-order valence-electron chi connectivity index (χ1n) is 9.01. The minimum absolute atomic E-state index is 0.00621. The Bertz CT molecular complexity index is 1140. The minimum Gasteiger partial charge on any atom is -0.343 e. The van der Waals surface area contributed by atoms with Crippen molar-refractivity contribution in [1.82, 2.24) is 9.97 Å². The number of benzene rings is 1. The van der Waals surface area contributed by atoms with Crippen LogP contribution in [0.25, 0.3) is 0 Å². The van der Waals surface area contributed by atoms with Gasteiger partial charge >= 0.3 is 0 Å². The molecule has 0 amide bonds. The number of allylic oxidation sites excluding steroid dienone is 4. The van der Waals surface area contributed by atoms with Crippen LogP contribution in [0.1, 0.15) is 37.3 Å². The number of rotatable bonds is 3. The summed E-state index contributed by atoms with van der Waals surface area (Å²) in [6.07, 6.45) is 4.55. The van der Waals surface area contributed by atoms with Crippen LogP contribution in [-0.2, 0) is 0 Å². The van der Waals surface area contributed by atoms with Crippen molar-refractivity contribution in [3.63, 3.8) is 0 Å². The summed E-state index contributed by atoms with van der Waals surface area (Å²) in [5.74, 6) is 0.0384. The number of nitro groups is 1. The monoisotopic (exact) mass is 430 g/mol. The predicted octanol–water partition coefficient (Wildman–Crippen LogP) is 4.76. The standard InChI is InChI=1S/C20H19ClN4O3S/c1-20(2)8-12(21)15-13(9-20)22-17-16(18(26)24-19(23-17)29-3)14(15)10-4-6-11(7-5-10)25(27)28/h4-8,14H,9H2,1-3H3,(H2,22,23,24,26). The van der Waals surface area contributed by atoms with Crippen LogP contribution in [-0.4, -0.2) is 21.1 Å². The molecule has 0 bridgehead atoms. The second kappa shape index (κ2) is 7.03. The van der Waals surface area contributed by atoms with E-state index < -0.39 is 10.8 Å². The van der Waals surface area contributed by atoms with Gasteiger partial charge in [-0.05, 0) is 23.7 Å².